The zero-order valence-electron chi connectivity index (χ0n) is 7.06. The van der Waals surface area contributed by atoms with E-state index in [1.54, 1.807) is 0 Å². The van der Waals surface area contributed by atoms with Crippen molar-refractivity contribution in [2.45, 2.75) is 6.42 Å². The Kier molecular flexibility index (Phi) is 3.66. The first-order chi connectivity index (χ1) is 6.18. The predicted octanol–water partition coefficient (Wildman–Crippen LogP) is -0.832. The van der Waals surface area contributed by atoms with E-state index in [0.717, 1.165) is 5.06 Å². The minimum Gasteiger partial charge on any atom is -0.464 e. The third kappa shape index (κ3) is 3.86. The van der Waals surface area contributed by atoms with E-state index in [0.29, 0.717) is 0 Å². The lowest BCUT2D eigenvalue weighted by atomic mass is 10.4. The van der Waals surface area contributed by atoms with Gasteiger partial charge in [0.05, 0.1) is 13.1 Å². The standard InChI is InChI=1S/C7H11NO5/c9-6-5-7(10)13-4-2-8(11)1-3-12-6/h11H,1-5H2. The molecule has 1 saturated heterocycles. The van der Waals surface area contributed by atoms with Gasteiger partial charge in [-0.05, 0) is 0 Å². The van der Waals surface area contributed by atoms with E-state index in [1.165, 1.54) is 0 Å². The van der Waals surface area contributed by atoms with Gasteiger partial charge in [-0.25, -0.2) is 0 Å². The maximum Gasteiger partial charge on any atom is 0.317 e. The minimum atomic E-state index is -0.625. The third-order valence-electron chi connectivity index (χ3n) is 1.51. The number of rotatable bonds is 0. The molecule has 0 aromatic carbocycles. The first kappa shape index (κ1) is 9.94. The summed E-state index contributed by atoms with van der Waals surface area (Å²) >= 11 is 0. The van der Waals surface area contributed by atoms with Crippen LogP contribution in [0, 0.1) is 0 Å². The minimum absolute atomic E-state index is 0.0859. The number of ether oxygens (including phenoxy) is 2. The van der Waals surface area contributed by atoms with Crippen LogP contribution in [0.1, 0.15) is 6.42 Å². The van der Waals surface area contributed by atoms with Gasteiger partial charge in [-0.3, -0.25) is 9.59 Å². The van der Waals surface area contributed by atoms with Gasteiger partial charge in [0.15, 0.2) is 0 Å². The molecule has 0 bridgehead atoms. The first-order valence-electron chi connectivity index (χ1n) is 3.93. The van der Waals surface area contributed by atoms with Crippen LogP contribution in [0.2, 0.25) is 0 Å². The lowest BCUT2D eigenvalue weighted by Crippen LogP contribution is -2.31. The molecule has 0 aliphatic carbocycles. The summed E-state index contributed by atoms with van der Waals surface area (Å²) in [4.78, 5) is 21.6. The van der Waals surface area contributed by atoms with Crippen LogP contribution < -0.4 is 0 Å². The van der Waals surface area contributed by atoms with Gasteiger partial charge in [-0.2, -0.15) is 5.06 Å². The molecule has 0 aromatic heterocycles. The van der Waals surface area contributed by atoms with Crippen LogP contribution in [0.5, 0.6) is 0 Å². The van der Waals surface area contributed by atoms with E-state index in [-0.39, 0.29) is 32.7 Å². The molecule has 0 saturated carbocycles. The van der Waals surface area contributed by atoms with E-state index in [9.17, 15) is 9.59 Å². The number of hydroxylamine groups is 2. The summed E-state index contributed by atoms with van der Waals surface area (Å²) in [6.07, 6.45) is -0.356. The van der Waals surface area contributed by atoms with E-state index >= 15 is 0 Å². The molecule has 0 spiro atoms. The molecule has 0 aromatic rings. The van der Waals surface area contributed by atoms with E-state index < -0.39 is 11.9 Å². The molecule has 1 heterocycles. The highest BCUT2D eigenvalue weighted by atomic mass is 16.6. The summed E-state index contributed by atoms with van der Waals surface area (Å²) in [6, 6.07) is 0. The maximum absolute atomic E-state index is 10.8. The van der Waals surface area contributed by atoms with Gasteiger partial charge in [0.1, 0.15) is 19.6 Å². The van der Waals surface area contributed by atoms with Gasteiger partial charge in [-0.1, -0.05) is 0 Å². The third-order valence-corrected chi connectivity index (χ3v) is 1.51. The van der Waals surface area contributed by atoms with Crippen molar-refractivity contribution in [2.24, 2.45) is 0 Å². The number of carbonyl (C=O) groups excluding carboxylic acids is 2. The van der Waals surface area contributed by atoms with Crippen LogP contribution in [0.4, 0.5) is 0 Å². The van der Waals surface area contributed by atoms with Crippen LogP contribution >= 0.6 is 0 Å². The van der Waals surface area contributed by atoms with Crippen LogP contribution in [-0.4, -0.2) is 48.5 Å². The van der Waals surface area contributed by atoms with Crippen LogP contribution in [-0.2, 0) is 19.1 Å². The lowest BCUT2D eigenvalue weighted by molar-refractivity contribution is -0.165. The Morgan fingerprint density at radius 1 is 1.08 bits per heavy atom. The summed E-state index contributed by atoms with van der Waals surface area (Å²) in [6.45, 7) is 0.623. The highest BCUT2D eigenvalue weighted by Crippen LogP contribution is 1.95. The molecule has 0 amide bonds. The molecule has 1 rings (SSSR count). The second kappa shape index (κ2) is 4.78. The number of nitrogens with zero attached hydrogens (tertiary/aromatic N) is 1. The Hall–Kier alpha value is -1.14. The molecule has 1 aliphatic heterocycles. The Morgan fingerprint density at radius 3 is 2.00 bits per heavy atom. The van der Waals surface area contributed by atoms with E-state index in [2.05, 4.69) is 9.47 Å². The fourth-order valence-electron chi connectivity index (χ4n) is 0.861. The molecule has 0 radical (unpaired) electrons. The van der Waals surface area contributed by atoms with Crippen LogP contribution in [0.15, 0.2) is 0 Å². The summed E-state index contributed by atoms with van der Waals surface area (Å²) < 4.78 is 9.24. The number of esters is 2. The van der Waals surface area contributed by atoms with Crippen molar-refractivity contribution in [1.82, 2.24) is 5.06 Å². The number of hydrogen-bond donors (Lipinski definition) is 1. The largest absolute Gasteiger partial charge is 0.464 e. The van der Waals surface area contributed by atoms with Crippen LogP contribution in [0.3, 0.4) is 0 Å². The van der Waals surface area contributed by atoms with Gasteiger partial charge >= 0.3 is 11.9 Å². The first-order valence-corrected chi connectivity index (χ1v) is 3.93. The normalized spacial score (nSPS) is 21.9. The Labute approximate surface area is 75.0 Å². The summed E-state index contributed by atoms with van der Waals surface area (Å²) in [7, 11) is 0. The predicted molar refractivity (Wildman–Crippen MR) is 39.9 cm³/mol. The molecule has 0 atom stereocenters. The van der Waals surface area contributed by atoms with Crippen molar-refractivity contribution in [3.63, 3.8) is 0 Å². The molecule has 13 heavy (non-hydrogen) atoms. The van der Waals surface area contributed by atoms with E-state index in [1.807, 2.05) is 0 Å². The van der Waals surface area contributed by atoms with Gasteiger partial charge < -0.3 is 14.7 Å². The molecular formula is C7H11NO5. The Balaban J connectivity index is 2.41. The highest BCUT2D eigenvalue weighted by Gasteiger charge is 2.14. The topological polar surface area (TPSA) is 76.1 Å². The van der Waals surface area contributed by atoms with E-state index in [4.69, 9.17) is 5.21 Å². The molecule has 74 valence electrons. The van der Waals surface area contributed by atoms with Crippen molar-refractivity contribution in [3.8, 4) is 0 Å². The second-order valence-electron chi connectivity index (χ2n) is 2.57. The second-order valence-corrected chi connectivity index (χ2v) is 2.57. The van der Waals surface area contributed by atoms with Crippen molar-refractivity contribution in [3.05, 3.63) is 0 Å². The molecule has 1 N–H and O–H groups in total. The Morgan fingerprint density at radius 2 is 1.54 bits per heavy atom. The quantitative estimate of drug-likeness (QED) is 0.396. The fourth-order valence-corrected chi connectivity index (χ4v) is 0.861. The number of carbonyl (C=O) groups is 2. The SMILES string of the molecule is O=C1CC(=O)OCCN(O)CCO1. The molecular weight excluding hydrogens is 178 g/mol. The zero-order valence-corrected chi connectivity index (χ0v) is 7.06. The van der Waals surface area contributed by atoms with Gasteiger partial charge in [0.25, 0.3) is 0 Å². The Bertz CT molecular complexity index is 185. The molecule has 6 nitrogen and oxygen atoms in total. The zero-order chi connectivity index (χ0) is 9.68. The van der Waals surface area contributed by atoms with Crippen molar-refractivity contribution < 1.29 is 24.3 Å². The maximum atomic E-state index is 10.8. The van der Waals surface area contributed by atoms with Gasteiger partial charge in [-0.15, -0.1) is 0 Å². The summed E-state index contributed by atoms with van der Waals surface area (Å²) in [5.74, 6) is -1.25. The molecule has 0 unspecified atom stereocenters. The summed E-state index contributed by atoms with van der Waals surface area (Å²) in [5.41, 5.74) is 0. The van der Waals surface area contributed by atoms with Gasteiger partial charge in [0.2, 0.25) is 0 Å². The van der Waals surface area contributed by atoms with Crippen molar-refractivity contribution >= 4 is 11.9 Å². The number of cyclic esters (lactones) is 2. The number of hydrogen-bond acceptors (Lipinski definition) is 6. The highest BCUT2D eigenvalue weighted by molar-refractivity contribution is 5.91. The van der Waals surface area contributed by atoms with Crippen molar-refractivity contribution in [1.29, 1.82) is 0 Å². The van der Waals surface area contributed by atoms with Crippen LogP contribution in [0.25, 0.3) is 0 Å². The molecule has 1 aliphatic rings. The fraction of sp³-hybridized carbons (Fsp3) is 0.714. The summed E-state index contributed by atoms with van der Waals surface area (Å²) in [5, 5.41) is 9.99. The smallest absolute Gasteiger partial charge is 0.317 e. The average Bonchev–Trinajstić information content (AvgIpc) is 2.03. The average molecular weight is 189 g/mol. The van der Waals surface area contributed by atoms with Crippen molar-refractivity contribution in [2.75, 3.05) is 26.3 Å². The van der Waals surface area contributed by atoms with Gasteiger partial charge in [0, 0.05) is 0 Å². The lowest BCUT2D eigenvalue weighted by Gasteiger charge is -2.16. The molecule has 1 fully saturated rings. The molecule has 6 heteroatoms. The monoisotopic (exact) mass is 189 g/mol.